The number of anilines is 1. The van der Waals surface area contributed by atoms with E-state index in [1.807, 2.05) is 39.0 Å². The largest absolute Gasteiger partial charge is 0.385 e. The van der Waals surface area contributed by atoms with Gasteiger partial charge in [0, 0.05) is 80.4 Å². The number of halogens is 1. The lowest BCUT2D eigenvalue weighted by Crippen LogP contribution is -2.42. The van der Waals surface area contributed by atoms with Gasteiger partial charge in [-0.05, 0) is 103 Å². The van der Waals surface area contributed by atoms with Crippen LogP contribution in [0.3, 0.4) is 0 Å². The van der Waals surface area contributed by atoms with Crippen LogP contribution in [0, 0.1) is 17.8 Å². The van der Waals surface area contributed by atoms with E-state index in [9.17, 15) is 18.0 Å². The van der Waals surface area contributed by atoms with Crippen molar-refractivity contribution < 1.29 is 27.5 Å². The summed E-state index contributed by atoms with van der Waals surface area (Å²) in [4.78, 5) is 33.1. The molecule has 1 aliphatic heterocycles. The third kappa shape index (κ3) is 16.4. The van der Waals surface area contributed by atoms with Gasteiger partial charge in [0.25, 0.3) is 5.91 Å². The SMILES string of the molecule is CCCOC.COCCNC(=O)C(C)(C)C.Cc1ccc(C(c2ccc(Cl)cc2)c2ccc3ncnc(NC4CCN(S(=O)(=O)c5ccc(C(=O)NCCC(C)(C)C)cc5)CC4)c3c2)cc1. The van der Waals surface area contributed by atoms with Crippen molar-refractivity contribution in [2.75, 3.05) is 58.9 Å². The minimum atomic E-state index is -3.71. The van der Waals surface area contributed by atoms with Crippen molar-refractivity contribution >= 4 is 50.2 Å². The minimum absolute atomic E-state index is 0.0179. The predicted molar refractivity (Wildman–Crippen MR) is 268 cm³/mol. The van der Waals surface area contributed by atoms with E-state index in [1.54, 1.807) is 32.7 Å². The Kier molecular flexibility index (Phi) is 20.6. The number of aromatic nitrogens is 2. The van der Waals surface area contributed by atoms with Crippen LogP contribution in [0.2, 0.25) is 5.02 Å². The lowest BCUT2D eigenvalue weighted by atomic mass is 9.84. The maximum absolute atomic E-state index is 13.5. The summed E-state index contributed by atoms with van der Waals surface area (Å²) in [5.41, 5.74) is 5.70. The summed E-state index contributed by atoms with van der Waals surface area (Å²) in [5.74, 6) is 0.573. The average Bonchev–Trinajstić information content (AvgIpc) is 3.28. The Balaban J connectivity index is 0.000000509. The Morgan fingerprint density at radius 3 is 1.92 bits per heavy atom. The second kappa shape index (κ2) is 25.3. The zero-order valence-corrected chi connectivity index (χ0v) is 42.1. The second-order valence-corrected chi connectivity index (χ2v) is 21.2. The Labute approximate surface area is 398 Å². The molecule has 0 spiro atoms. The summed E-state index contributed by atoms with van der Waals surface area (Å²) in [7, 11) is -0.379. The molecule has 2 amide bonds. The average molecular weight is 944 g/mol. The van der Waals surface area contributed by atoms with Crippen LogP contribution in [-0.4, -0.2) is 94.2 Å². The van der Waals surface area contributed by atoms with Gasteiger partial charge in [-0.2, -0.15) is 4.31 Å². The number of hydrogen-bond donors (Lipinski definition) is 3. The molecule has 3 N–H and O–H groups in total. The molecule has 0 saturated carbocycles. The van der Waals surface area contributed by atoms with Crippen molar-refractivity contribution in [1.29, 1.82) is 0 Å². The number of hydrogen-bond acceptors (Lipinski definition) is 9. The lowest BCUT2D eigenvalue weighted by molar-refractivity contribution is -0.128. The van der Waals surface area contributed by atoms with Gasteiger partial charge in [0.1, 0.15) is 12.1 Å². The van der Waals surface area contributed by atoms with Gasteiger partial charge in [0.05, 0.1) is 17.0 Å². The molecule has 66 heavy (non-hydrogen) atoms. The topological polar surface area (TPSA) is 152 Å². The molecule has 6 rings (SSSR count). The first-order chi connectivity index (χ1) is 31.3. The highest BCUT2D eigenvalue weighted by atomic mass is 35.5. The van der Waals surface area contributed by atoms with Gasteiger partial charge in [-0.25, -0.2) is 18.4 Å². The first-order valence-electron chi connectivity index (χ1n) is 22.7. The number of sulfonamides is 1. The second-order valence-electron chi connectivity index (χ2n) is 18.8. The van der Waals surface area contributed by atoms with Crippen molar-refractivity contribution in [2.45, 2.75) is 97.9 Å². The number of ether oxygens (including phenoxy) is 2. The zero-order chi connectivity index (χ0) is 48.5. The van der Waals surface area contributed by atoms with Gasteiger partial charge in [0.15, 0.2) is 0 Å². The number of rotatable bonds is 15. The number of piperidine rings is 1. The standard InChI is InChI=1S/C40H44ClN5O3S.C8H17NO2.C4H10O/c1-27-5-7-28(8-6-27)37(29-9-14-32(41)15-10-29)31-13-18-36-35(25-31)38(44-26-43-36)45-33-19-23-46(24-20-33)50(48,49)34-16-11-30(12-17-34)39(47)42-22-21-40(2,3)4;1-8(2,3)7(10)9-5-6-11-4;1-3-4-5-2/h5-18,25-26,33,37H,19-24H2,1-4H3,(H,42,47)(H,43,44,45);5-6H2,1-4H3,(H,9,10);3-4H2,1-2H3. The Morgan fingerprint density at radius 2 is 1.38 bits per heavy atom. The summed E-state index contributed by atoms with van der Waals surface area (Å²) in [6.45, 7) is 19.5. The summed E-state index contributed by atoms with van der Waals surface area (Å²) in [6, 6.07) is 29.1. The molecule has 0 aliphatic carbocycles. The maximum atomic E-state index is 13.5. The normalized spacial score (nSPS) is 14.0. The highest BCUT2D eigenvalue weighted by Gasteiger charge is 2.30. The van der Waals surface area contributed by atoms with Crippen LogP contribution in [-0.2, 0) is 24.3 Å². The summed E-state index contributed by atoms with van der Waals surface area (Å²) in [6.07, 6.45) is 4.78. The number of benzene rings is 4. The van der Waals surface area contributed by atoms with Crippen LogP contribution in [0.5, 0.6) is 0 Å². The number of carbonyl (C=O) groups excluding carboxylic acids is 2. The van der Waals surface area contributed by atoms with Crippen LogP contribution in [0.25, 0.3) is 10.9 Å². The molecule has 1 atom stereocenters. The lowest BCUT2D eigenvalue weighted by Gasteiger charge is -2.32. The minimum Gasteiger partial charge on any atom is -0.385 e. The summed E-state index contributed by atoms with van der Waals surface area (Å²) in [5, 5.41) is 10.9. The number of nitrogens with zero attached hydrogens (tertiary/aromatic N) is 3. The first kappa shape index (κ1) is 53.7. The van der Waals surface area contributed by atoms with E-state index in [1.165, 1.54) is 27.6 Å². The van der Waals surface area contributed by atoms with Crippen molar-refractivity contribution in [3.8, 4) is 0 Å². The smallest absolute Gasteiger partial charge is 0.251 e. The summed E-state index contributed by atoms with van der Waals surface area (Å²) < 4.78 is 38.1. The van der Waals surface area contributed by atoms with Gasteiger partial charge in [-0.3, -0.25) is 9.59 Å². The quantitative estimate of drug-likeness (QED) is 0.0688. The number of nitrogens with one attached hydrogen (secondary N) is 3. The first-order valence-corrected chi connectivity index (χ1v) is 24.6. The molecule has 1 unspecified atom stereocenters. The van der Waals surface area contributed by atoms with Crippen LogP contribution < -0.4 is 16.0 Å². The Hall–Kier alpha value is -4.92. The van der Waals surface area contributed by atoms with Gasteiger partial charge in [-0.1, -0.05) is 108 Å². The van der Waals surface area contributed by atoms with Crippen molar-refractivity contribution in [3.63, 3.8) is 0 Å². The molecule has 4 aromatic carbocycles. The van der Waals surface area contributed by atoms with E-state index < -0.39 is 10.0 Å². The van der Waals surface area contributed by atoms with Crippen LogP contribution >= 0.6 is 11.6 Å². The molecule has 14 heteroatoms. The third-order valence-electron chi connectivity index (χ3n) is 11.0. The molecule has 1 aliphatic rings. The number of methoxy groups -OCH3 is 2. The number of carbonyl (C=O) groups is 2. The number of aryl methyl sites for hydroxylation is 1. The van der Waals surface area contributed by atoms with Gasteiger partial charge in [-0.15, -0.1) is 0 Å². The highest BCUT2D eigenvalue weighted by Crippen LogP contribution is 2.36. The van der Waals surface area contributed by atoms with Gasteiger partial charge in [0.2, 0.25) is 15.9 Å². The molecule has 0 radical (unpaired) electrons. The van der Waals surface area contributed by atoms with E-state index in [0.29, 0.717) is 56.2 Å². The molecule has 1 saturated heterocycles. The van der Waals surface area contributed by atoms with Crippen molar-refractivity contribution in [2.24, 2.45) is 10.8 Å². The van der Waals surface area contributed by atoms with Crippen LogP contribution in [0.15, 0.2) is 102 Å². The Morgan fingerprint density at radius 1 is 0.788 bits per heavy atom. The van der Waals surface area contributed by atoms with Crippen molar-refractivity contribution in [1.82, 2.24) is 24.9 Å². The molecule has 1 aromatic heterocycles. The Bertz CT molecular complexity index is 2350. The van der Waals surface area contributed by atoms with Crippen LogP contribution in [0.1, 0.15) is 113 Å². The van der Waals surface area contributed by atoms with E-state index in [-0.39, 0.29) is 39.5 Å². The molecule has 1 fully saturated rings. The maximum Gasteiger partial charge on any atom is 0.251 e. The summed E-state index contributed by atoms with van der Waals surface area (Å²) >= 11 is 6.25. The van der Waals surface area contributed by atoms with Crippen molar-refractivity contribution in [3.05, 3.63) is 130 Å². The molecule has 358 valence electrons. The highest BCUT2D eigenvalue weighted by molar-refractivity contribution is 7.89. The fourth-order valence-corrected chi connectivity index (χ4v) is 8.71. The fourth-order valence-electron chi connectivity index (χ4n) is 7.11. The van der Waals surface area contributed by atoms with E-state index >= 15 is 0 Å². The molecular formula is C52H71ClN6O6S. The van der Waals surface area contributed by atoms with E-state index in [0.717, 1.165) is 47.3 Å². The molecule has 0 bridgehead atoms. The van der Waals surface area contributed by atoms with E-state index in [2.05, 4.69) is 109 Å². The molecule has 5 aromatic rings. The fraction of sp³-hybridized carbons (Fsp3) is 0.462. The third-order valence-corrected chi connectivity index (χ3v) is 13.2. The number of fused-ring (bicyclic) bond motifs is 1. The number of amides is 2. The van der Waals surface area contributed by atoms with Gasteiger partial charge < -0.3 is 25.4 Å². The van der Waals surface area contributed by atoms with E-state index in [4.69, 9.17) is 21.1 Å². The molecule has 12 nitrogen and oxygen atoms in total. The van der Waals surface area contributed by atoms with Crippen LogP contribution in [0.4, 0.5) is 5.82 Å². The molecule has 2 heterocycles. The molecular weight excluding hydrogens is 872 g/mol. The zero-order valence-electron chi connectivity index (χ0n) is 40.5. The predicted octanol–water partition coefficient (Wildman–Crippen LogP) is 10.0. The monoisotopic (exact) mass is 942 g/mol. The van der Waals surface area contributed by atoms with Gasteiger partial charge >= 0.3 is 0 Å².